The number of ether oxygens (including phenoxy) is 5. The number of aryl methyl sites for hydroxylation is 2. The van der Waals surface area contributed by atoms with E-state index in [2.05, 4.69) is 33.1 Å². The molecule has 5 N–H and O–H groups in total. The first-order valence-electron chi connectivity index (χ1n) is 35.0. The predicted octanol–water partition coefficient (Wildman–Crippen LogP) is 8.56. The van der Waals surface area contributed by atoms with Crippen LogP contribution < -0.4 is 21.5 Å². The third-order valence-electron chi connectivity index (χ3n) is 19.6. The number of nitrogens with zero attached hydrogens (tertiary/aromatic N) is 6. The molecule has 27 nitrogen and oxygen atoms in total. The Bertz CT molecular complexity index is 4820. The van der Waals surface area contributed by atoms with Gasteiger partial charge >= 0.3 is 18.0 Å². The Hall–Kier alpha value is -10.5. The van der Waals surface area contributed by atoms with E-state index in [1.807, 2.05) is 60.0 Å². The first-order valence-corrected chi connectivity index (χ1v) is 36.6. The Balaban J connectivity index is 0.587. The molecule has 0 fully saturated rings. The molecule has 0 radical (unpaired) electrons. The fourth-order valence-corrected chi connectivity index (χ4v) is 14.7. The molecule has 11 rings (SSSR count). The van der Waals surface area contributed by atoms with Crippen molar-refractivity contribution in [2.24, 2.45) is 17.8 Å². The average Bonchev–Trinajstić information content (AvgIpc) is 1.71. The van der Waals surface area contributed by atoms with Gasteiger partial charge in [-0.15, -0.1) is 0 Å². The molecular weight excluding hydrogens is 1370 g/mol. The van der Waals surface area contributed by atoms with Crippen molar-refractivity contribution < 1.29 is 80.1 Å². The number of benzene rings is 4. The Morgan fingerprint density at radius 2 is 1.51 bits per heavy atom. The summed E-state index contributed by atoms with van der Waals surface area (Å²) in [6.07, 6.45) is 0.611. The summed E-state index contributed by atoms with van der Waals surface area (Å²) in [6.45, 7) is 8.95. The van der Waals surface area contributed by atoms with E-state index >= 15 is 0 Å². The molecule has 4 amide bonds. The molecule has 552 valence electrons. The van der Waals surface area contributed by atoms with E-state index in [9.17, 15) is 61.2 Å². The van der Waals surface area contributed by atoms with Gasteiger partial charge in [0.05, 0.1) is 85.3 Å². The number of aromatic hydroxyl groups is 1. The van der Waals surface area contributed by atoms with E-state index in [0.29, 0.717) is 34.7 Å². The third-order valence-corrected chi connectivity index (χ3v) is 20.4. The van der Waals surface area contributed by atoms with Gasteiger partial charge in [-0.1, -0.05) is 83.1 Å². The second-order valence-corrected chi connectivity index (χ2v) is 28.4. The number of phenolic OH excluding ortho intramolecular Hbond substituents is 1. The number of ketones is 2. The van der Waals surface area contributed by atoms with Gasteiger partial charge in [-0.3, -0.25) is 33.3 Å². The first kappa shape index (κ1) is 75.6. The molecule has 2 aliphatic heterocycles. The molecule has 0 saturated heterocycles. The smallest absolute Gasteiger partial charge is 0.424 e. The van der Waals surface area contributed by atoms with Gasteiger partial charge in [-0.05, 0) is 113 Å². The number of hydrazine groups is 1. The van der Waals surface area contributed by atoms with E-state index in [-0.39, 0.29) is 137 Å². The molecule has 0 spiro atoms. The highest BCUT2D eigenvalue weighted by atomic mass is 32.2. The Kier molecular flexibility index (Phi) is 23.5. The number of anilines is 1. The fraction of sp³-hybridized carbons (Fsp3) is 0.390. The highest BCUT2D eigenvalue weighted by Gasteiger charge is 2.51. The van der Waals surface area contributed by atoms with E-state index in [1.54, 1.807) is 81.8 Å². The fourth-order valence-electron chi connectivity index (χ4n) is 13.9. The minimum Gasteiger partial charge on any atom is -0.508 e. The van der Waals surface area contributed by atoms with Gasteiger partial charge in [-0.2, -0.15) is 8.42 Å². The molecule has 4 aromatic carbocycles. The number of pyridine rings is 3. The maximum Gasteiger partial charge on any atom is 0.424 e. The third kappa shape index (κ3) is 16.8. The maximum atomic E-state index is 14.2. The molecule has 1 aliphatic carbocycles. The summed E-state index contributed by atoms with van der Waals surface area (Å²) in [5, 5.41) is 22.9. The van der Waals surface area contributed by atoms with Crippen molar-refractivity contribution in [1.29, 1.82) is 0 Å². The number of amides is 4. The number of carbonyl (C=O) groups is 8. The summed E-state index contributed by atoms with van der Waals surface area (Å²) in [5.74, 6) is -8.01. The van der Waals surface area contributed by atoms with E-state index in [0.717, 1.165) is 44.2 Å². The number of phenols is 1. The Labute approximate surface area is 606 Å². The van der Waals surface area contributed by atoms with Crippen LogP contribution in [0, 0.1) is 17.8 Å². The van der Waals surface area contributed by atoms with Crippen molar-refractivity contribution in [3.05, 3.63) is 176 Å². The number of cyclic esters (lactones) is 1. The van der Waals surface area contributed by atoms with Gasteiger partial charge < -0.3 is 53.9 Å². The topological polar surface area (TPSA) is 353 Å². The molecule has 6 heterocycles. The lowest BCUT2D eigenvalue weighted by Gasteiger charge is -2.35. The Morgan fingerprint density at radius 1 is 0.810 bits per heavy atom. The van der Waals surface area contributed by atoms with E-state index < -0.39 is 92.9 Å². The summed E-state index contributed by atoms with van der Waals surface area (Å²) in [7, 11) is -1.37. The largest absolute Gasteiger partial charge is 0.508 e. The average molecular weight is 1460 g/mol. The number of esters is 2. The zero-order chi connectivity index (χ0) is 75.0. The summed E-state index contributed by atoms with van der Waals surface area (Å²) in [5.41, 5.74) is 7.27. The molecule has 3 aliphatic rings. The first-order chi connectivity index (χ1) is 50.3. The normalized spacial score (nSPS) is 15.2. The van der Waals surface area contributed by atoms with Crippen LogP contribution in [0.4, 0.5) is 10.5 Å². The monoisotopic (exact) mass is 1460 g/mol. The zero-order valence-electron chi connectivity index (χ0n) is 59.5. The summed E-state index contributed by atoms with van der Waals surface area (Å²) in [6, 6.07) is 33.0. The van der Waals surface area contributed by atoms with Crippen LogP contribution in [0.15, 0.2) is 126 Å². The number of carbonyl (C=O) groups excluding carboxylic acids is 8. The molecule has 0 bridgehead atoms. The van der Waals surface area contributed by atoms with Gasteiger partial charge in [0.25, 0.3) is 15.7 Å². The predicted molar refractivity (Wildman–Crippen MR) is 387 cm³/mol. The molecule has 0 saturated carbocycles. The molecular formula is C77H85N9O18S. The lowest BCUT2D eigenvalue weighted by Crippen LogP contribution is -2.47. The Morgan fingerprint density at radius 3 is 2.20 bits per heavy atom. The van der Waals surface area contributed by atoms with Crippen LogP contribution in [0.2, 0.25) is 0 Å². The maximum absolute atomic E-state index is 14.2. The molecule has 4 aromatic heterocycles. The highest BCUT2D eigenvalue weighted by Crippen LogP contribution is 2.46. The number of Topliss-reactive ketones (excluding diaryl/α,β-unsaturated/α-hetero) is 2. The van der Waals surface area contributed by atoms with Crippen LogP contribution >= 0.6 is 0 Å². The van der Waals surface area contributed by atoms with Crippen molar-refractivity contribution in [2.75, 3.05) is 64.7 Å². The number of rotatable bonds is 33. The van der Waals surface area contributed by atoms with Gasteiger partial charge in [0, 0.05) is 104 Å². The molecule has 4 atom stereocenters. The lowest BCUT2D eigenvalue weighted by molar-refractivity contribution is -0.173. The summed E-state index contributed by atoms with van der Waals surface area (Å²) in [4.78, 5) is 132. The quantitative estimate of drug-likeness (QED) is 0.00845. The summed E-state index contributed by atoms with van der Waals surface area (Å²) < 4.78 is 66.0. The highest BCUT2D eigenvalue weighted by molar-refractivity contribution is 7.85. The van der Waals surface area contributed by atoms with Crippen LogP contribution in [-0.2, 0) is 101 Å². The van der Waals surface area contributed by atoms with E-state index in [4.69, 9.17) is 28.7 Å². The van der Waals surface area contributed by atoms with E-state index in [1.165, 1.54) is 35.3 Å². The summed E-state index contributed by atoms with van der Waals surface area (Å²) >= 11 is 0. The van der Waals surface area contributed by atoms with Crippen LogP contribution in [-0.4, -0.2) is 160 Å². The molecule has 8 aromatic rings. The second-order valence-electron chi connectivity index (χ2n) is 26.9. The molecule has 28 heteroatoms. The minimum atomic E-state index is -4.69. The van der Waals surface area contributed by atoms with Crippen molar-refractivity contribution in [1.82, 2.24) is 39.8 Å². The number of hydrogen-bond acceptors (Lipinski definition) is 20. The lowest BCUT2D eigenvalue weighted by atomic mass is 9.85. The standard InChI is InChI=1S/C77H85N9O18S/c1-8-54-59-38-52(87)24-25-64(59)81-69-60(54)41-86-65(69)39-63-62(73(86)93)43-102-75(95)77(63,9-2)104-74(94)47-20-22-50(23-21-47)80-71(91)46(5)35-66(89)68(45(3)4)82-67(90)27-31-100-33-34-101-32-29-79-72(92)49(44-105(97,98)99)37-53(88)26-30-85-51(36-48-15-14-28-78-70(48)85)40-83(6)84(7)76(96)103-42-61-57-18-12-10-16-55(57)56-17-11-13-19-58(56)61/h10-25,28,36,38-39,45-46,49,61,68,87H,8-9,26-27,29-35,37,40-44H2,1-7H3,(H,79,92)(H,80,91)(H,82,90)(H,97,98,99)/t46-,49+,68+,77+/m1/s1. The second kappa shape index (κ2) is 32.7. The van der Waals surface area contributed by atoms with Gasteiger partial charge in [0.1, 0.15) is 30.4 Å². The van der Waals surface area contributed by atoms with Crippen molar-refractivity contribution in [2.45, 2.75) is 117 Å². The zero-order valence-corrected chi connectivity index (χ0v) is 60.3. The van der Waals surface area contributed by atoms with Crippen molar-refractivity contribution >= 4 is 85.1 Å². The van der Waals surface area contributed by atoms with Gasteiger partial charge in [0.15, 0.2) is 5.78 Å². The van der Waals surface area contributed by atoms with Crippen LogP contribution in [0.3, 0.4) is 0 Å². The molecule has 105 heavy (non-hydrogen) atoms. The number of fused-ring (bicyclic) bond motifs is 9. The SMILES string of the molecule is CCc1c2c(nc3ccc(O)cc13)-c1cc3c(c(=O)n1C2)COC(=O)[C@@]3(CC)OC(=O)c1ccc(NC(=O)[C@H](C)CC(=O)[C@@H](NC(=O)CCOCCOCCNC(=O)[C@@H](CC(=O)CCn2c(CN(C)N(C)C(=O)OCC3c4ccccc4-c4ccccc43)cc3cccnc32)CS(=O)(=O)O)C(C)C)cc1. The number of aromatic nitrogens is 4. The number of nitrogens with one attached hydrogen (secondary N) is 3. The van der Waals surface area contributed by atoms with Gasteiger partial charge in [-0.25, -0.2) is 34.4 Å². The van der Waals surface area contributed by atoms with Crippen LogP contribution in [0.1, 0.15) is 122 Å². The van der Waals surface area contributed by atoms with Crippen molar-refractivity contribution in [3.8, 4) is 28.3 Å². The number of hydrogen-bond donors (Lipinski definition) is 5. The van der Waals surface area contributed by atoms with Crippen LogP contribution in [0.25, 0.3) is 44.5 Å². The minimum absolute atomic E-state index is 0.0255. The van der Waals surface area contributed by atoms with Gasteiger partial charge in [0.2, 0.25) is 23.3 Å². The van der Waals surface area contributed by atoms with Crippen LogP contribution in [0.5, 0.6) is 5.75 Å². The van der Waals surface area contributed by atoms with Crippen molar-refractivity contribution in [3.63, 3.8) is 0 Å². The molecule has 0 unspecified atom stereocenters.